The Hall–Kier alpha value is -7.51. The topological polar surface area (TPSA) is 313 Å². The highest BCUT2D eigenvalue weighted by molar-refractivity contribution is 8.55. The van der Waals surface area contributed by atoms with Gasteiger partial charge in [-0.25, -0.2) is 43.4 Å². The monoisotopic (exact) mass is 1340 g/mol. The molecule has 3 fully saturated rings. The Balaban J connectivity index is 1.07. The summed E-state index contributed by atoms with van der Waals surface area (Å²) in [6.45, 7) is -1.78. The molecule has 4 aliphatic rings. The van der Waals surface area contributed by atoms with E-state index in [0.29, 0.717) is 22.8 Å². The zero-order valence-corrected chi connectivity index (χ0v) is 53.7. The van der Waals surface area contributed by atoms with Gasteiger partial charge in [-0.15, -0.1) is 0 Å². The fourth-order valence-corrected chi connectivity index (χ4v) is 18.7. The average molecular weight is 1340 g/mol. The first kappa shape index (κ1) is 63.6. The molecule has 8 aromatic rings. The molecule has 0 aliphatic carbocycles. The van der Waals surface area contributed by atoms with Gasteiger partial charge in [0, 0.05) is 59.0 Å². The van der Waals surface area contributed by atoms with Gasteiger partial charge in [-0.3, -0.25) is 66.8 Å². The molecule has 4 aliphatic heterocycles. The number of nitro benzene ring substituents is 2. The molecule has 4 aromatic heterocycles. The van der Waals surface area contributed by atoms with Crippen molar-refractivity contribution >= 4 is 102 Å². The number of carbonyl (C=O) groups is 2. The van der Waals surface area contributed by atoms with Gasteiger partial charge >= 0.3 is 13.6 Å². The SMILES string of the molecule is CC(C)(C)[Si](C)(C)O[C@H]1[C@H]2O[P@@](=O)(SCc3ccccc3[N+](=O)[O-])OC[C@H]3OC4[C@H](F)[C@@H]3O[P@](=O)(SCc3ccccc3[N+](=O)[O-])OC[C@H]1O[C@H]2n1cnc2c(ncnc21)N(C(=O)c1ccccc1)C/C=C/CN(C(=O)c1ccccc1)c1ncnc2c1ncn24. The Morgan fingerprint density at radius 2 is 1.08 bits per heavy atom. The number of halogens is 1. The second-order valence-corrected chi connectivity index (χ2v) is 35.7. The van der Waals surface area contributed by atoms with Crippen molar-refractivity contribution in [2.45, 2.75) is 99.6 Å². The van der Waals surface area contributed by atoms with Gasteiger partial charge in [-0.05, 0) is 65.2 Å². The third-order valence-corrected chi connectivity index (χ3v) is 28.0. The van der Waals surface area contributed by atoms with Crippen LogP contribution in [0.5, 0.6) is 0 Å². The minimum absolute atomic E-state index is 0.00588. The van der Waals surface area contributed by atoms with Crippen molar-refractivity contribution in [1.82, 2.24) is 39.0 Å². The highest BCUT2D eigenvalue weighted by Crippen LogP contribution is 2.68. The number of nitrogens with zero attached hydrogens (tertiary/aromatic N) is 12. The third kappa shape index (κ3) is 12.9. The summed E-state index contributed by atoms with van der Waals surface area (Å²) < 4.78 is 100. The summed E-state index contributed by atoms with van der Waals surface area (Å²) in [5, 5.41) is 24.3. The first-order valence-electron chi connectivity index (χ1n) is 28.6. The normalized spacial score (nSPS) is 26.0. The van der Waals surface area contributed by atoms with Crippen LogP contribution in [-0.4, -0.2) is 132 Å². The number of nitro groups is 2. The smallest absolute Gasteiger partial charge is 0.390 e. The Morgan fingerprint density at radius 3 is 1.56 bits per heavy atom. The Kier molecular flexibility index (Phi) is 18.1. The van der Waals surface area contributed by atoms with E-state index in [1.165, 1.54) is 74.3 Å². The van der Waals surface area contributed by atoms with E-state index in [9.17, 15) is 29.8 Å². The lowest BCUT2D eigenvalue weighted by atomic mass is 10.1. The van der Waals surface area contributed by atoms with Crippen LogP contribution in [0.3, 0.4) is 0 Å². The molecule has 12 bridgehead atoms. The summed E-state index contributed by atoms with van der Waals surface area (Å²) in [6.07, 6.45) is -5.10. The Morgan fingerprint density at radius 1 is 0.637 bits per heavy atom. The van der Waals surface area contributed by atoms with Gasteiger partial charge < -0.3 is 13.9 Å². The van der Waals surface area contributed by atoms with Crippen molar-refractivity contribution in [1.29, 1.82) is 0 Å². The van der Waals surface area contributed by atoms with Crippen molar-refractivity contribution < 1.29 is 65.0 Å². The van der Waals surface area contributed by atoms with Gasteiger partial charge in [-0.1, -0.05) is 106 Å². The molecule has 1 unspecified atom stereocenters. The van der Waals surface area contributed by atoms with Crippen molar-refractivity contribution in [3.05, 3.63) is 189 Å². The van der Waals surface area contributed by atoms with E-state index in [0.717, 1.165) is 6.33 Å². The number of fused-ring (bicyclic) bond motifs is 7. The molecule has 91 heavy (non-hydrogen) atoms. The molecule has 4 aromatic carbocycles. The molecule has 474 valence electrons. The van der Waals surface area contributed by atoms with Crippen LogP contribution < -0.4 is 9.80 Å². The fourth-order valence-electron chi connectivity index (χ4n) is 10.6. The molecule has 0 radical (unpaired) electrons. The number of benzene rings is 4. The van der Waals surface area contributed by atoms with Crippen molar-refractivity contribution in [3.63, 3.8) is 0 Å². The van der Waals surface area contributed by atoms with Gasteiger partial charge in [0.25, 0.3) is 23.2 Å². The molecule has 10 atom stereocenters. The maximum absolute atomic E-state index is 18.2. The predicted molar refractivity (Wildman–Crippen MR) is 336 cm³/mol. The van der Waals surface area contributed by atoms with E-state index in [1.54, 1.807) is 84.9 Å². The highest BCUT2D eigenvalue weighted by atomic mass is 32.7. The number of alkyl halides is 1. The van der Waals surface area contributed by atoms with E-state index < -0.39 is 111 Å². The van der Waals surface area contributed by atoms with Crippen LogP contribution in [0.1, 0.15) is 65.1 Å². The summed E-state index contributed by atoms with van der Waals surface area (Å²) >= 11 is 1.11. The lowest BCUT2D eigenvalue weighted by molar-refractivity contribution is -0.385. The van der Waals surface area contributed by atoms with Crippen LogP contribution >= 0.6 is 36.4 Å². The number of hydrogen-bond donors (Lipinski definition) is 0. The maximum atomic E-state index is 18.2. The van der Waals surface area contributed by atoms with Gasteiger partial charge in [0.1, 0.15) is 43.2 Å². The lowest BCUT2D eigenvalue weighted by Gasteiger charge is -2.40. The van der Waals surface area contributed by atoms with Crippen LogP contribution in [0, 0.1) is 20.2 Å². The van der Waals surface area contributed by atoms with Gasteiger partial charge in [0.15, 0.2) is 60.9 Å². The van der Waals surface area contributed by atoms with E-state index in [1.807, 2.05) is 33.9 Å². The van der Waals surface area contributed by atoms with Crippen LogP contribution in [0.15, 0.2) is 147 Å². The summed E-state index contributed by atoms with van der Waals surface area (Å²) in [5.41, 5.74) is 0.302. The van der Waals surface area contributed by atoms with Crippen LogP contribution in [0.25, 0.3) is 22.3 Å². The standard InChI is InChI=1S/C58H59FN12O15P2S2Si/c1-58(2,3)91(4,5)86-48-43-29-81-87(78,89-30-38-22-12-14-24-40(38)70(74)75)84-47-42-28-80-88(79,90-31-39-23-13-15-25-41(39)71(76)77)85-49(48)57(83-43)69-35-65-46-51(61-33-63-53(46)69)67(55(73)37-20-10-7-11-21-37)27-17-16-26-66(54(72)36-18-8-6-9-19-36)50-45-52(62-32-60-50)68(34-64-45)56(82-42)44(47)59/h6-25,32-35,42-44,47-49,56-57H,26-31H2,1-5H3/b17-16+/t42-,43-,44-,47-,48-,49-,56?,57-,87-,88+/m1/s1. The molecule has 2 amide bonds. The molecule has 12 rings (SSSR count). The third-order valence-electron chi connectivity index (χ3n) is 16.2. The number of imidazole rings is 2. The van der Waals surface area contributed by atoms with E-state index >= 15 is 13.5 Å². The van der Waals surface area contributed by atoms with Crippen LogP contribution in [-0.2, 0) is 52.6 Å². The highest BCUT2D eigenvalue weighted by Gasteiger charge is 2.57. The van der Waals surface area contributed by atoms with E-state index in [2.05, 4.69) is 24.9 Å². The quantitative estimate of drug-likeness (QED) is 0.0361. The van der Waals surface area contributed by atoms with Gasteiger partial charge in [-0.2, -0.15) is 0 Å². The zero-order valence-electron chi connectivity index (χ0n) is 49.3. The van der Waals surface area contributed by atoms with Gasteiger partial charge in [0.05, 0.1) is 35.7 Å². The second-order valence-electron chi connectivity index (χ2n) is 22.9. The summed E-state index contributed by atoms with van der Waals surface area (Å²) in [7, 11) is -3.05. The predicted octanol–water partition coefficient (Wildman–Crippen LogP) is 11.8. The number of carbonyl (C=O) groups excluding carboxylic acids is 2. The molecule has 0 N–H and O–H groups in total. The molecule has 3 saturated heterocycles. The minimum atomic E-state index is -4.89. The van der Waals surface area contributed by atoms with E-state index in [4.69, 9.17) is 37.0 Å². The number of rotatable bonds is 12. The second kappa shape index (κ2) is 25.9. The average Bonchev–Trinajstić information content (AvgIpc) is 1.63. The molecule has 8 heterocycles. The van der Waals surface area contributed by atoms with E-state index in [-0.39, 0.29) is 92.2 Å². The first-order valence-corrected chi connectivity index (χ1v) is 37.7. The number of amides is 2. The molecule has 0 spiro atoms. The van der Waals surface area contributed by atoms with Crippen molar-refractivity contribution in [2.24, 2.45) is 0 Å². The summed E-state index contributed by atoms with van der Waals surface area (Å²) in [5.74, 6) is -1.72. The molecule has 27 nitrogen and oxygen atoms in total. The van der Waals surface area contributed by atoms with Crippen molar-refractivity contribution in [3.8, 4) is 0 Å². The Bertz CT molecular complexity index is 4210. The van der Waals surface area contributed by atoms with Crippen molar-refractivity contribution in [2.75, 3.05) is 36.1 Å². The molecule has 0 saturated carbocycles. The number of aromatic nitrogens is 8. The number of anilines is 2. The first-order chi connectivity index (χ1) is 43.6. The number of para-hydroxylation sites is 2. The van der Waals surface area contributed by atoms with Crippen LogP contribution in [0.2, 0.25) is 18.1 Å². The fraction of sp³-hybridized carbons (Fsp3) is 0.345. The molecular formula is C58H59FN12O15P2S2Si. The lowest BCUT2D eigenvalue weighted by Crippen LogP contribution is -2.50. The Labute approximate surface area is 528 Å². The largest absolute Gasteiger partial charge is 0.408 e. The minimum Gasteiger partial charge on any atom is -0.408 e. The van der Waals surface area contributed by atoms with Crippen LogP contribution in [0.4, 0.5) is 27.4 Å². The number of ether oxygens (including phenoxy) is 2. The number of hydrogen-bond acceptors (Lipinski definition) is 23. The zero-order chi connectivity index (χ0) is 64.0. The van der Waals surface area contributed by atoms with Gasteiger partial charge in [0.2, 0.25) is 0 Å². The molecular weight excluding hydrogens is 1280 g/mol. The summed E-state index contributed by atoms with van der Waals surface area (Å²) in [4.78, 5) is 83.8. The summed E-state index contributed by atoms with van der Waals surface area (Å²) in [6, 6.07) is 28.4. The molecule has 33 heteroatoms. The maximum Gasteiger partial charge on any atom is 0.390 e.